The maximum Gasteiger partial charge on any atom is 0.421 e. The Morgan fingerprint density at radius 3 is 2.77 bits per heavy atom. The largest absolute Gasteiger partial charge is 0.421 e. The lowest BCUT2D eigenvalue weighted by molar-refractivity contribution is -0.137. The van der Waals surface area contributed by atoms with Gasteiger partial charge < -0.3 is 21.5 Å². The van der Waals surface area contributed by atoms with E-state index >= 15 is 0 Å². The summed E-state index contributed by atoms with van der Waals surface area (Å²) in [6.07, 6.45) is 2.86. The van der Waals surface area contributed by atoms with Crippen LogP contribution in [0.25, 0.3) is 0 Å². The molecular formula is C19H22F3N7O2. The molecule has 31 heavy (non-hydrogen) atoms. The summed E-state index contributed by atoms with van der Waals surface area (Å²) in [5.74, 6) is -1.84. The van der Waals surface area contributed by atoms with Crippen molar-refractivity contribution in [3.63, 3.8) is 0 Å². The van der Waals surface area contributed by atoms with Crippen LogP contribution in [0.3, 0.4) is 0 Å². The molecule has 2 aromatic heterocycles. The fourth-order valence-corrected chi connectivity index (χ4v) is 4.25. The minimum Gasteiger partial charge on any atom is -0.391 e. The number of rotatable bonds is 7. The summed E-state index contributed by atoms with van der Waals surface area (Å²) in [6.45, 7) is 1.87. The number of carbonyl (C=O) groups excluding carboxylic acids is 1. The summed E-state index contributed by atoms with van der Waals surface area (Å²) >= 11 is 0. The second-order valence-corrected chi connectivity index (χ2v) is 7.93. The first kappa shape index (κ1) is 21.1. The van der Waals surface area contributed by atoms with E-state index in [-0.39, 0.29) is 24.3 Å². The van der Waals surface area contributed by atoms with Crippen molar-refractivity contribution in [1.29, 1.82) is 0 Å². The number of allylic oxidation sites excluding steroid dienone is 1. The van der Waals surface area contributed by atoms with Gasteiger partial charge in [-0.25, -0.2) is 4.98 Å². The number of nitrogens with two attached hydrogens (primary N) is 1. The van der Waals surface area contributed by atoms with Crippen molar-refractivity contribution >= 4 is 23.4 Å². The van der Waals surface area contributed by atoms with Gasteiger partial charge in [-0.05, 0) is 25.2 Å². The molecule has 2 bridgehead atoms. The summed E-state index contributed by atoms with van der Waals surface area (Å²) in [7, 11) is 0. The van der Waals surface area contributed by atoms with Crippen LogP contribution in [-0.2, 0) is 17.5 Å². The summed E-state index contributed by atoms with van der Waals surface area (Å²) in [4.78, 5) is 19.7. The Hall–Kier alpha value is -3.15. The van der Waals surface area contributed by atoms with Crippen molar-refractivity contribution in [2.45, 2.75) is 38.2 Å². The second-order valence-electron chi connectivity index (χ2n) is 7.93. The van der Waals surface area contributed by atoms with Gasteiger partial charge in [0.15, 0.2) is 0 Å². The Morgan fingerprint density at radius 2 is 2.10 bits per heavy atom. The van der Waals surface area contributed by atoms with E-state index in [4.69, 9.17) is 5.73 Å². The number of anilines is 3. The maximum absolute atomic E-state index is 13.6. The number of fused-ring (bicyclic) bond motifs is 2. The van der Waals surface area contributed by atoms with Crippen LogP contribution in [-0.4, -0.2) is 42.9 Å². The average molecular weight is 437 g/mol. The van der Waals surface area contributed by atoms with Crippen molar-refractivity contribution < 1.29 is 23.1 Å². The first-order valence-corrected chi connectivity index (χ1v) is 9.78. The highest BCUT2D eigenvalue weighted by Crippen LogP contribution is 2.45. The monoisotopic (exact) mass is 437 g/mol. The fraction of sp³-hybridized carbons (Fsp3) is 0.474. The zero-order valence-corrected chi connectivity index (χ0v) is 16.5. The minimum atomic E-state index is -4.68. The van der Waals surface area contributed by atoms with Gasteiger partial charge in [0.25, 0.3) is 0 Å². The number of hydrogen-bond donors (Lipinski definition) is 4. The molecule has 1 saturated carbocycles. The number of amides is 1. The van der Waals surface area contributed by atoms with Crippen LogP contribution in [0.15, 0.2) is 30.7 Å². The predicted molar refractivity (Wildman–Crippen MR) is 105 cm³/mol. The molecule has 0 aromatic carbocycles. The first-order chi connectivity index (χ1) is 14.6. The van der Waals surface area contributed by atoms with Gasteiger partial charge in [-0.3, -0.25) is 9.48 Å². The Bertz CT molecular complexity index is 1000. The number of hydrogen-bond acceptors (Lipinski definition) is 7. The maximum atomic E-state index is 13.6. The Labute approximate surface area is 175 Å². The van der Waals surface area contributed by atoms with Crippen LogP contribution in [0.5, 0.6) is 0 Å². The average Bonchev–Trinajstić information content (AvgIpc) is 3.37. The van der Waals surface area contributed by atoms with Gasteiger partial charge in [0.2, 0.25) is 11.9 Å². The number of alkyl halides is 3. The summed E-state index contributed by atoms with van der Waals surface area (Å²) in [6, 6.07) is -0.579. The van der Waals surface area contributed by atoms with Crippen LogP contribution >= 0.6 is 0 Å². The molecule has 1 amide bonds. The molecule has 2 aliphatic rings. The molecule has 0 saturated heterocycles. The number of carbonyl (C=O) groups is 1. The van der Waals surface area contributed by atoms with Crippen LogP contribution in [0.2, 0.25) is 0 Å². The van der Waals surface area contributed by atoms with E-state index in [1.54, 1.807) is 13.1 Å². The molecule has 2 aromatic rings. The molecule has 0 unspecified atom stereocenters. The van der Waals surface area contributed by atoms with E-state index < -0.39 is 41.5 Å². The topological polar surface area (TPSA) is 131 Å². The van der Waals surface area contributed by atoms with E-state index in [1.807, 2.05) is 12.2 Å². The quantitative estimate of drug-likeness (QED) is 0.487. The lowest BCUT2D eigenvalue weighted by Crippen LogP contribution is -2.41. The molecule has 2 aliphatic carbocycles. The molecule has 166 valence electrons. The molecule has 12 heteroatoms. The van der Waals surface area contributed by atoms with E-state index in [0.717, 1.165) is 0 Å². The van der Waals surface area contributed by atoms with Gasteiger partial charge >= 0.3 is 6.18 Å². The second kappa shape index (κ2) is 7.84. The number of halogens is 3. The van der Waals surface area contributed by atoms with Crippen molar-refractivity contribution in [2.75, 3.05) is 10.6 Å². The Balaban J connectivity index is 1.60. The molecule has 9 nitrogen and oxygen atoms in total. The third-order valence-corrected chi connectivity index (χ3v) is 5.53. The number of nitrogens with one attached hydrogen (secondary N) is 2. The molecule has 0 aliphatic heterocycles. The molecule has 2 heterocycles. The predicted octanol–water partition coefficient (Wildman–Crippen LogP) is 1.90. The minimum absolute atomic E-state index is 0.0681. The van der Waals surface area contributed by atoms with Gasteiger partial charge in [-0.15, -0.1) is 0 Å². The standard InChI is InChI=1S/C19H22F3N7O2/c1-9(30)7-29-8-12(5-25-29)26-18-24-6-13(19(20,21)22)17(28-18)27-15-11-3-2-10(4-11)14(15)16(23)31/h2-3,5-6,8-11,14-15,30H,4,7H2,1H3,(H2,23,31)(H2,24,26,27,28)/t9-,10+,11+,14+,15-/m1/s1. The number of aliphatic hydroxyl groups excluding tert-OH is 1. The first-order valence-electron chi connectivity index (χ1n) is 9.78. The third-order valence-electron chi connectivity index (χ3n) is 5.53. The van der Waals surface area contributed by atoms with Gasteiger partial charge in [0, 0.05) is 18.4 Å². The van der Waals surface area contributed by atoms with Gasteiger partial charge in [0.1, 0.15) is 11.4 Å². The summed E-state index contributed by atoms with van der Waals surface area (Å²) < 4.78 is 42.2. The lowest BCUT2D eigenvalue weighted by Gasteiger charge is -2.28. The molecule has 0 spiro atoms. The smallest absolute Gasteiger partial charge is 0.391 e. The number of primary amides is 1. The lowest BCUT2D eigenvalue weighted by atomic mass is 9.88. The molecule has 0 radical (unpaired) electrons. The highest BCUT2D eigenvalue weighted by Gasteiger charge is 2.48. The van der Waals surface area contributed by atoms with Crippen LogP contribution in [0, 0.1) is 17.8 Å². The molecular weight excluding hydrogens is 415 g/mol. The van der Waals surface area contributed by atoms with E-state index in [1.165, 1.54) is 10.9 Å². The Morgan fingerprint density at radius 1 is 1.35 bits per heavy atom. The molecule has 1 fully saturated rings. The number of aromatic nitrogens is 4. The number of nitrogens with zero attached hydrogens (tertiary/aromatic N) is 4. The normalized spacial score (nSPS) is 25.6. The van der Waals surface area contributed by atoms with Crippen molar-refractivity contribution in [3.8, 4) is 0 Å². The zero-order valence-electron chi connectivity index (χ0n) is 16.5. The molecule has 5 N–H and O–H groups in total. The highest BCUT2D eigenvalue weighted by atomic mass is 19.4. The van der Waals surface area contributed by atoms with Crippen molar-refractivity contribution in [3.05, 3.63) is 36.3 Å². The third kappa shape index (κ3) is 4.33. The van der Waals surface area contributed by atoms with Gasteiger partial charge in [-0.2, -0.15) is 23.3 Å². The summed E-state index contributed by atoms with van der Waals surface area (Å²) in [5, 5.41) is 19.1. The molecule has 4 rings (SSSR count). The van der Waals surface area contributed by atoms with Gasteiger partial charge in [0.05, 0.1) is 30.5 Å². The fourth-order valence-electron chi connectivity index (χ4n) is 4.25. The number of aliphatic hydroxyl groups is 1. The SMILES string of the molecule is C[C@@H](O)Cn1cc(Nc2ncc(C(F)(F)F)c(N[C@H]3[C@@H](C(N)=O)[C@H]4C=C[C@H]3C4)n2)cn1. The van der Waals surface area contributed by atoms with Crippen molar-refractivity contribution in [2.24, 2.45) is 23.5 Å². The zero-order chi connectivity index (χ0) is 22.3. The van der Waals surface area contributed by atoms with Crippen LogP contribution < -0.4 is 16.4 Å². The Kier molecular flexibility index (Phi) is 5.33. The van der Waals surface area contributed by atoms with Crippen LogP contribution in [0.1, 0.15) is 18.9 Å². The van der Waals surface area contributed by atoms with E-state index in [0.29, 0.717) is 18.3 Å². The van der Waals surface area contributed by atoms with E-state index in [2.05, 4.69) is 25.7 Å². The van der Waals surface area contributed by atoms with Crippen molar-refractivity contribution in [1.82, 2.24) is 19.7 Å². The molecule has 5 atom stereocenters. The van der Waals surface area contributed by atoms with Crippen LogP contribution in [0.4, 0.5) is 30.6 Å². The van der Waals surface area contributed by atoms with Gasteiger partial charge in [-0.1, -0.05) is 12.2 Å². The van der Waals surface area contributed by atoms with E-state index in [9.17, 15) is 23.1 Å². The summed E-state index contributed by atoms with van der Waals surface area (Å²) in [5.41, 5.74) is 4.93. The highest BCUT2D eigenvalue weighted by molar-refractivity contribution is 5.80.